The van der Waals surface area contributed by atoms with Crippen molar-refractivity contribution in [3.05, 3.63) is 48.5 Å². The molecular weight excluding hydrogens is 489 g/mol. The van der Waals surface area contributed by atoms with Gasteiger partial charge in [-0.05, 0) is 26.0 Å². The van der Waals surface area contributed by atoms with E-state index in [-0.39, 0.29) is 49.9 Å². The molecule has 2 aromatic heterocycles. The van der Waals surface area contributed by atoms with Crippen LogP contribution >= 0.6 is 7.60 Å². The molecule has 36 heavy (non-hydrogen) atoms. The summed E-state index contributed by atoms with van der Waals surface area (Å²) in [7, 11) is -3.43. The molecule has 1 aliphatic rings. The highest BCUT2D eigenvalue weighted by molar-refractivity contribution is 7.53. The van der Waals surface area contributed by atoms with Crippen molar-refractivity contribution in [3.63, 3.8) is 0 Å². The van der Waals surface area contributed by atoms with E-state index in [2.05, 4.69) is 20.3 Å². The standard InChI is InChI=1S/C23H28N5O7P/c1-3-32-19(29)9-17-11-34-36(31,35-12-17)15-33-16(2)10-28-14-26-20-21(24-13-25-22(20)28)27-23(30)18-7-5-4-6-8-18/h4-8,13-14,16-17H,3,9-12,15H2,1-2H3,(H,24,25,27,30)/t16-,17?,36?/m1/s1. The number of hydrogen-bond acceptors (Lipinski definition) is 10. The molecule has 4 rings (SSSR count). The van der Waals surface area contributed by atoms with Crippen LogP contribution in [-0.4, -0.2) is 63.7 Å². The van der Waals surface area contributed by atoms with Crippen LogP contribution in [0.4, 0.5) is 5.82 Å². The highest BCUT2D eigenvalue weighted by Gasteiger charge is 2.34. The van der Waals surface area contributed by atoms with Gasteiger partial charge < -0.3 is 28.4 Å². The number of nitrogens with one attached hydrogen (secondary N) is 1. The van der Waals surface area contributed by atoms with Gasteiger partial charge in [-0.25, -0.2) is 15.0 Å². The third-order valence-corrected chi connectivity index (χ3v) is 6.96. The van der Waals surface area contributed by atoms with Crippen LogP contribution in [0, 0.1) is 5.92 Å². The van der Waals surface area contributed by atoms with Crippen LogP contribution in [0.5, 0.6) is 0 Å². The zero-order valence-corrected chi connectivity index (χ0v) is 20.9. The van der Waals surface area contributed by atoms with E-state index in [9.17, 15) is 14.2 Å². The summed E-state index contributed by atoms with van der Waals surface area (Å²) < 4.78 is 36.1. The Hall–Kier alpha value is -3.18. The van der Waals surface area contributed by atoms with Gasteiger partial charge in [0.1, 0.15) is 12.7 Å². The molecule has 1 aromatic carbocycles. The molecule has 12 nitrogen and oxygen atoms in total. The molecular formula is C23H28N5O7P. The normalized spacial score (nSPS) is 20.7. The molecule has 0 unspecified atom stereocenters. The van der Waals surface area contributed by atoms with Gasteiger partial charge in [-0.15, -0.1) is 0 Å². The summed E-state index contributed by atoms with van der Waals surface area (Å²) in [6, 6.07) is 8.80. The topological polar surface area (TPSA) is 144 Å². The van der Waals surface area contributed by atoms with Crippen molar-refractivity contribution >= 4 is 36.5 Å². The van der Waals surface area contributed by atoms with Crippen molar-refractivity contribution in [2.75, 3.05) is 31.5 Å². The van der Waals surface area contributed by atoms with Gasteiger partial charge in [0.05, 0.1) is 45.2 Å². The molecule has 1 fully saturated rings. The summed E-state index contributed by atoms with van der Waals surface area (Å²) in [6.07, 6.45) is 2.47. The van der Waals surface area contributed by atoms with E-state index in [4.69, 9.17) is 18.5 Å². The monoisotopic (exact) mass is 517 g/mol. The first-order valence-corrected chi connectivity index (χ1v) is 13.3. The molecule has 1 atom stereocenters. The number of aromatic nitrogens is 4. The molecule has 0 saturated carbocycles. The van der Waals surface area contributed by atoms with Gasteiger partial charge in [0, 0.05) is 11.5 Å². The second-order valence-corrected chi connectivity index (χ2v) is 10.3. The van der Waals surface area contributed by atoms with E-state index in [1.165, 1.54) is 6.33 Å². The smallest absolute Gasteiger partial charge is 0.356 e. The van der Waals surface area contributed by atoms with Gasteiger partial charge in [0.15, 0.2) is 17.0 Å². The molecule has 1 amide bonds. The van der Waals surface area contributed by atoms with Gasteiger partial charge in [-0.2, -0.15) is 0 Å². The number of benzene rings is 1. The van der Waals surface area contributed by atoms with Crippen molar-refractivity contribution in [3.8, 4) is 0 Å². The molecule has 1 aliphatic heterocycles. The lowest BCUT2D eigenvalue weighted by Gasteiger charge is -2.29. The zero-order valence-electron chi connectivity index (χ0n) is 20.0. The van der Waals surface area contributed by atoms with Gasteiger partial charge >= 0.3 is 13.6 Å². The third kappa shape index (κ3) is 6.52. The Balaban J connectivity index is 1.31. The summed E-state index contributed by atoms with van der Waals surface area (Å²) >= 11 is 0. The van der Waals surface area contributed by atoms with Crippen LogP contribution in [0.25, 0.3) is 11.2 Å². The Morgan fingerprint density at radius 1 is 1.19 bits per heavy atom. The molecule has 1 saturated heterocycles. The maximum atomic E-state index is 12.8. The Bertz CT molecular complexity index is 1240. The molecule has 0 spiro atoms. The summed E-state index contributed by atoms with van der Waals surface area (Å²) in [6.45, 7) is 4.47. The largest absolute Gasteiger partial charge is 0.466 e. The molecule has 0 bridgehead atoms. The molecule has 3 aromatic rings. The Morgan fingerprint density at radius 2 is 1.94 bits per heavy atom. The van der Waals surface area contributed by atoms with Crippen LogP contribution in [-0.2, 0) is 34.4 Å². The first-order chi connectivity index (χ1) is 17.4. The highest BCUT2D eigenvalue weighted by atomic mass is 31.2. The Kier molecular flexibility index (Phi) is 8.42. The van der Waals surface area contributed by atoms with E-state index < -0.39 is 7.60 Å². The van der Waals surface area contributed by atoms with Crippen molar-refractivity contribution in [1.82, 2.24) is 19.5 Å². The average Bonchev–Trinajstić information content (AvgIpc) is 3.29. The minimum Gasteiger partial charge on any atom is -0.466 e. The van der Waals surface area contributed by atoms with Crippen LogP contribution < -0.4 is 5.32 Å². The number of carbonyl (C=O) groups excluding carboxylic acids is 2. The fraction of sp³-hybridized carbons (Fsp3) is 0.435. The number of hydrogen-bond donors (Lipinski definition) is 1. The molecule has 0 radical (unpaired) electrons. The van der Waals surface area contributed by atoms with Crippen molar-refractivity contribution in [2.24, 2.45) is 5.92 Å². The highest BCUT2D eigenvalue weighted by Crippen LogP contribution is 2.51. The second kappa shape index (κ2) is 11.7. The summed E-state index contributed by atoms with van der Waals surface area (Å²) in [5.41, 5.74) is 1.45. The first-order valence-electron chi connectivity index (χ1n) is 11.5. The lowest BCUT2D eigenvalue weighted by Crippen LogP contribution is -2.26. The molecule has 192 valence electrons. The number of ether oxygens (including phenoxy) is 2. The average molecular weight is 517 g/mol. The quantitative estimate of drug-likeness (QED) is 0.314. The van der Waals surface area contributed by atoms with Crippen LogP contribution in [0.3, 0.4) is 0 Å². The minimum absolute atomic E-state index is 0.133. The SMILES string of the molecule is CCOC(=O)CC1COP(=O)(CO[C@H](C)Cn2cnc3c(NC(=O)c4ccccc4)ncnc32)OC1. The fourth-order valence-corrected chi connectivity index (χ4v) is 5.13. The molecule has 0 aliphatic carbocycles. The van der Waals surface area contributed by atoms with E-state index in [0.717, 1.165) is 0 Å². The summed E-state index contributed by atoms with van der Waals surface area (Å²) in [5.74, 6) is -0.553. The van der Waals surface area contributed by atoms with Crippen LogP contribution in [0.2, 0.25) is 0 Å². The maximum Gasteiger partial charge on any atom is 0.356 e. The van der Waals surface area contributed by atoms with Crippen molar-refractivity contribution in [2.45, 2.75) is 32.9 Å². The van der Waals surface area contributed by atoms with Crippen LogP contribution in [0.15, 0.2) is 43.0 Å². The summed E-state index contributed by atoms with van der Waals surface area (Å²) in [4.78, 5) is 36.9. The number of amides is 1. The van der Waals surface area contributed by atoms with E-state index >= 15 is 0 Å². The number of imidazole rings is 1. The number of carbonyl (C=O) groups is 2. The third-order valence-electron chi connectivity index (χ3n) is 5.41. The van der Waals surface area contributed by atoms with Gasteiger partial charge in [0.2, 0.25) is 0 Å². The van der Waals surface area contributed by atoms with Crippen molar-refractivity contribution in [1.29, 1.82) is 0 Å². The summed E-state index contributed by atoms with van der Waals surface area (Å²) in [5, 5.41) is 2.77. The first kappa shape index (κ1) is 25.9. The molecule has 13 heteroatoms. The van der Waals surface area contributed by atoms with Gasteiger partial charge in [-0.3, -0.25) is 14.2 Å². The predicted octanol–water partition coefficient (Wildman–Crippen LogP) is 3.25. The maximum absolute atomic E-state index is 12.8. The zero-order chi connectivity index (χ0) is 25.5. The molecule has 3 heterocycles. The number of fused-ring (bicyclic) bond motifs is 1. The second-order valence-electron chi connectivity index (χ2n) is 8.30. The van der Waals surface area contributed by atoms with E-state index in [1.54, 1.807) is 42.1 Å². The van der Waals surface area contributed by atoms with Crippen molar-refractivity contribution < 1.29 is 32.7 Å². The van der Waals surface area contributed by atoms with E-state index in [0.29, 0.717) is 35.7 Å². The molecule has 1 N–H and O–H groups in total. The lowest BCUT2D eigenvalue weighted by molar-refractivity contribution is -0.145. The minimum atomic E-state index is -3.43. The number of esters is 1. The predicted molar refractivity (Wildman–Crippen MR) is 129 cm³/mol. The lowest BCUT2D eigenvalue weighted by atomic mass is 10.1. The van der Waals surface area contributed by atoms with Gasteiger partial charge in [-0.1, -0.05) is 18.2 Å². The Labute approximate surface area is 207 Å². The fourth-order valence-electron chi connectivity index (χ4n) is 3.59. The van der Waals surface area contributed by atoms with Crippen LogP contribution in [0.1, 0.15) is 30.6 Å². The number of nitrogens with zero attached hydrogens (tertiary/aromatic N) is 4. The Morgan fingerprint density at radius 3 is 2.67 bits per heavy atom. The van der Waals surface area contributed by atoms with E-state index in [1.807, 2.05) is 13.0 Å². The van der Waals surface area contributed by atoms with Gasteiger partial charge in [0.25, 0.3) is 5.91 Å². The number of anilines is 1. The number of rotatable bonds is 10.